The molecule has 0 fully saturated rings. The van der Waals surface area contributed by atoms with Crippen molar-refractivity contribution in [1.82, 2.24) is 4.57 Å². The largest absolute Gasteiger partial charge is 0.467 e. The lowest BCUT2D eigenvalue weighted by molar-refractivity contribution is 0.497. The molecule has 0 spiro atoms. The highest BCUT2D eigenvalue weighted by atomic mass is 16.3. The van der Waals surface area contributed by atoms with E-state index in [0.29, 0.717) is 12.1 Å². The Bertz CT molecular complexity index is 687. The van der Waals surface area contributed by atoms with Crippen LogP contribution in [0.3, 0.4) is 0 Å². The van der Waals surface area contributed by atoms with Gasteiger partial charge in [0.1, 0.15) is 5.76 Å². The van der Waals surface area contributed by atoms with Gasteiger partial charge in [-0.2, -0.15) is 5.26 Å². The first kappa shape index (κ1) is 9.73. The molecule has 3 nitrogen and oxygen atoms in total. The number of rotatable bonds is 2. The van der Waals surface area contributed by atoms with Crippen molar-refractivity contribution in [2.45, 2.75) is 6.54 Å². The molecule has 0 aliphatic carbocycles. The summed E-state index contributed by atoms with van der Waals surface area (Å²) < 4.78 is 7.43. The predicted molar refractivity (Wildman–Crippen MR) is 64.5 cm³/mol. The van der Waals surface area contributed by atoms with Gasteiger partial charge >= 0.3 is 0 Å². The fraction of sp³-hybridized carbons (Fsp3) is 0.0714. The summed E-state index contributed by atoms with van der Waals surface area (Å²) in [5, 5.41) is 9.92. The van der Waals surface area contributed by atoms with E-state index in [1.54, 1.807) is 6.26 Å². The normalized spacial score (nSPS) is 10.5. The maximum atomic E-state index is 8.84. The lowest BCUT2D eigenvalue weighted by atomic mass is 10.2. The first-order valence-electron chi connectivity index (χ1n) is 5.38. The minimum absolute atomic E-state index is 0.688. The van der Waals surface area contributed by atoms with Gasteiger partial charge in [-0.3, -0.25) is 0 Å². The molecule has 0 bridgehead atoms. The van der Waals surface area contributed by atoms with Gasteiger partial charge in [0, 0.05) is 17.1 Å². The summed E-state index contributed by atoms with van der Waals surface area (Å²) in [5.74, 6) is 0.923. The minimum atomic E-state index is 0.688. The Morgan fingerprint density at radius 2 is 2.18 bits per heavy atom. The molecular weight excluding hydrogens is 212 g/mol. The monoisotopic (exact) mass is 222 g/mol. The van der Waals surface area contributed by atoms with Crippen LogP contribution in [-0.4, -0.2) is 4.57 Å². The van der Waals surface area contributed by atoms with Crippen LogP contribution in [0.15, 0.2) is 53.3 Å². The van der Waals surface area contributed by atoms with Crippen molar-refractivity contribution < 1.29 is 4.42 Å². The highest BCUT2D eigenvalue weighted by molar-refractivity contribution is 5.81. The van der Waals surface area contributed by atoms with Gasteiger partial charge in [0.2, 0.25) is 0 Å². The van der Waals surface area contributed by atoms with Crippen molar-refractivity contribution in [2.75, 3.05) is 0 Å². The van der Waals surface area contributed by atoms with Crippen LogP contribution in [0.4, 0.5) is 0 Å². The van der Waals surface area contributed by atoms with Crippen LogP contribution in [-0.2, 0) is 6.54 Å². The summed E-state index contributed by atoms with van der Waals surface area (Å²) >= 11 is 0. The lowest BCUT2D eigenvalue weighted by Gasteiger charge is -2.02. The number of hydrogen-bond donors (Lipinski definition) is 0. The van der Waals surface area contributed by atoms with E-state index >= 15 is 0 Å². The van der Waals surface area contributed by atoms with Crippen molar-refractivity contribution in [3.63, 3.8) is 0 Å². The van der Waals surface area contributed by atoms with E-state index in [2.05, 4.69) is 10.6 Å². The van der Waals surface area contributed by atoms with Crippen LogP contribution in [0, 0.1) is 11.3 Å². The second-order valence-corrected chi connectivity index (χ2v) is 3.91. The molecule has 0 radical (unpaired) electrons. The number of fused-ring (bicyclic) bond motifs is 1. The second-order valence-electron chi connectivity index (χ2n) is 3.91. The molecule has 0 N–H and O–H groups in total. The second kappa shape index (κ2) is 3.84. The molecule has 82 valence electrons. The van der Waals surface area contributed by atoms with Crippen molar-refractivity contribution >= 4 is 10.9 Å². The SMILES string of the molecule is N#Cc1ccc2c(ccn2Cc2ccco2)c1. The third-order valence-corrected chi connectivity index (χ3v) is 2.81. The topological polar surface area (TPSA) is 41.9 Å². The quantitative estimate of drug-likeness (QED) is 0.668. The highest BCUT2D eigenvalue weighted by Crippen LogP contribution is 2.18. The van der Waals surface area contributed by atoms with Gasteiger partial charge in [0.25, 0.3) is 0 Å². The molecule has 3 aromatic rings. The Balaban J connectivity index is 2.04. The zero-order valence-electron chi connectivity index (χ0n) is 9.13. The zero-order valence-corrected chi connectivity index (χ0v) is 9.13. The maximum absolute atomic E-state index is 8.84. The average molecular weight is 222 g/mol. The van der Waals surface area contributed by atoms with E-state index in [4.69, 9.17) is 9.68 Å². The van der Waals surface area contributed by atoms with E-state index in [0.717, 1.165) is 16.7 Å². The zero-order chi connectivity index (χ0) is 11.7. The van der Waals surface area contributed by atoms with Gasteiger partial charge in [-0.05, 0) is 36.4 Å². The molecule has 0 saturated carbocycles. The van der Waals surface area contributed by atoms with Gasteiger partial charge in [-0.25, -0.2) is 0 Å². The molecule has 3 rings (SSSR count). The van der Waals surface area contributed by atoms with E-state index in [-0.39, 0.29) is 0 Å². The number of nitriles is 1. The fourth-order valence-corrected chi connectivity index (χ4v) is 1.98. The summed E-state index contributed by atoms with van der Waals surface area (Å²) in [4.78, 5) is 0. The van der Waals surface area contributed by atoms with E-state index in [1.807, 2.05) is 42.6 Å². The minimum Gasteiger partial charge on any atom is -0.467 e. The van der Waals surface area contributed by atoms with Crippen molar-refractivity contribution in [3.8, 4) is 6.07 Å². The van der Waals surface area contributed by atoms with E-state index in [1.165, 1.54) is 0 Å². The summed E-state index contributed by atoms with van der Waals surface area (Å²) in [7, 11) is 0. The van der Waals surface area contributed by atoms with Crippen molar-refractivity contribution in [3.05, 3.63) is 60.2 Å². The number of hydrogen-bond acceptors (Lipinski definition) is 2. The first-order valence-corrected chi connectivity index (χ1v) is 5.38. The third kappa shape index (κ3) is 1.70. The Labute approximate surface area is 98.5 Å². The molecule has 0 aliphatic heterocycles. The van der Waals surface area contributed by atoms with Gasteiger partial charge in [0.05, 0.1) is 24.4 Å². The Kier molecular flexibility index (Phi) is 2.20. The van der Waals surface area contributed by atoms with Crippen LogP contribution in [0.2, 0.25) is 0 Å². The molecule has 0 aliphatic rings. The molecule has 0 unspecified atom stereocenters. The number of benzene rings is 1. The van der Waals surface area contributed by atoms with E-state index < -0.39 is 0 Å². The van der Waals surface area contributed by atoms with Crippen LogP contribution in [0.1, 0.15) is 11.3 Å². The summed E-state index contributed by atoms with van der Waals surface area (Å²) in [5.41, 5.74) is 1.80. The van der Waals surface area contributed by atoms with Gasteiger partial charge in [0.15, 0.2) is 0 Å². The van der Waals surface area contributed by atoms with Crippen LogP contribution >= 0.6 is 0 Å². The number of aromatic nitrogens is 1. The Hall–Kier alpha value is -2.47. The Morgan fingerprint density at radius 1 is 1.24 bits per heavy atom. The van der Waals surface area contributed by atoms with E-state index in [9.17, 15) is 0 Å². The first-order chi connectivity index (χ1) is 8.36. The number of furan rings is 1. The summed E-state index contributed by atoms with van der Waals surface area (Å²) in [6.45, 7) is 0.711. The smallest absolute Gasteiger partial charge is 0.123 e. The van der Waals surface area contributed by atoms with Gasteiger partial charge in [-0.1, -0.05) is 0 Å². The molecule has 17 heavy (non-hydrogen) atoms. The van der Waals surface area contributed by atoms with Gasteiger partial charge in [-0.15, -0.1) is 0 Å². The third-order valence-electron chi connectivity index (χ3n) is 2.81. The predicted octanol–water partition coefficient (Wildman–Crippen LogP) is 3.15. The van der Waals surface area contributed by atoms with Crippen LogP contribution in [0.5, 0.6) is 0 Å². The van der Waals surface area contributed by atoms with Crippen molar-refractivity contribution in [1.29, 1.82) is 5.26 Å². The van der Waals surface area contributed by atoms with Crippen molar-refractivity contribution in [2.24, 2.45) is 0 Å². The average Bonchev–Trinajstić information content (AvgIpc) is 2.99. The fourth-order valence-electron chi connectivity index (χ4n) is 1.98. The molecule has 0 atom stereocenters. The highest BCUT2D eigenvalue weighted by Gasteiger charge is 2.04. The molecule has 0 amide bonds. The molecule has 1 aromatic carbocycles. The van der Waals surface area contributed by atoms with Gasteiger partial charge < -0.3 is 8.98 Å². The molecular formula is C14H10N2O. The molecule has 0 saturated heterocycles. The summed E-state index contributed by atoms with van der Waals surface area (Å²) in [6, 6.07) is 13.7. The molecule has 2 heterocycles. The molecule has 2 aromatic heterocycles. The van der Waals surface area contributed by atoms with Crippen LogP contribution < -0.4 is 0 Å². The lowest BCUT2D eigenvalue weighted by Crippen LogP contribution is -1.95. The molecule has 3 heteroatoms. The maximum Gasteiger partial charge on any atom is 0.123 e. The summed E-state index contributed by atoms with van der Waals surface area (Å²) in [6.07, 6.45) is 3.68. The van der Waals surface area contributed by atoms with Crippen LogP contribution in [0.25, 0.3) is 10.9 Å². The standard InChI is InChI=1S/C14H10N2O/c15-9-11-3-4-14-12(8-11)5-6-16(14)10-13-2-1-7-17-13/h1-8H,10H2. The number of nitrogens with zero attached hydrogens (tertiary/aromatic N) is 2. The Morgan fingerprint density at radius 3 is 2.94 bits per heavy atom.